The summed E-state index contributed by atoms with van der Waals surface area (Å²) < 4.78 is 24.3. The van der Waals surface area contributed by atoms with Crippen molar-refractivity contribution in [3.8, 4) is 11.1 Å². The maximum absolute atomic E-state index is 13.6. The smallest absolute Gasteiger partial charge is 0.407 e. The van der Waals surface area contributed by atoms with Gasteiger partial charge in [-0.05, 0) is 87.1 Å². The molecule has 0 spiro atoms. The fraction of sp³-hybridized carbons (Fsp3) is 0.483. The average Bonchev–Trinajstić information content (AvgIpc) is 3.15. The number of halogens is 1. The van der Waals surface area contributed by atoms with Crippen LogP contribution in [0, 0.1) is 35.4 Å². The first-order valence-corrected chi connectivity index (χ1v) is 13.0. The van der Waals surface area contributed by atoms with E-state index in [2.05, 4.69) is 16.4 Å². The Morgan fingerprint density at radius 2 is 2.08 bits per heavy atom. The quantitative estimate of drug-likeness (QED) is 0.548. The molecule has 2 heterocycles. The number of nitrogens with zero attached hydrogens (tertiary/aromatic N) is 1. The van der Waals surface area contributed by atoms with E-state index in [1.54, 1.807) is 19.2 Å². The van der Waals surface area contributed by atoms with Crippen molar-refractivity contribution in [1.82, 2.24) is 10.3 Å². The molecule has 1 aromatic carbocycles. The van der Waals surface area contributed by atoms with Crippen LogP contribution in [0.1, 0.15) is 45.2 Å². The number of pyridine rings is 1. The van der Waals surface area contributed by atoms with E-state index in [1.807, 2.05) is 31.2 Å². The van der Waals surface area contributed by atoms with Gasteiger partial charge in [0.1, 0.15) is 11.9 Å². The number of fused-ring (bicyclic) bond motifs is 2. The average molecular weight is 493 g/mol. The molecule has 7 atom stereocenters. The highest BCUT2D eigenvalue weighted by Crippen LogP contribution is 2.53. The molecule has 36 heavy (non-hydrogen) atoms. The maximum Gasteiger partial charge on any atom is 0.407 e. The summed E-state index contributed by atoms with van der Waals surface area (Å²) in [5.74, 6) is 0.629. The number of cyclic esters (lactones) is 1. The van der Waals surface area contributed by atoms with Crippen LogP contribution in [0.5, 0.6) is 0 Å². The Balaban J connectivity index is 1.34. The molecule has 1 amide bonds. The van der Waals surface area contributed by atoms with E-state index in [9.17, 15) is 14.0 Å². The molecule has 0 radical (unpaired) electrons. The van der Waals surface area contributed by atoms with Crippen LogP contribution in [0.25, 0.3) is 17.2 Å². The van der Waals surface area contributed by atoms with Gasteiger partial charge in [0.05, 0.1) is 18.2 Å². The van der Waals surface area contributed by atoms with Crippen molar-refractivity contribution in [1.29, 1.82) is 0 Å². The Labute approximate surface area is 211 Å². The van der Waals surface area contributed by atoms with E-state index in [4.69, 9.17) is 9.47 Å². The number of hydrogen-bond acceptors (Lipinski definition) is 5. The number of carbonyl (C=O) groups excluding carboxylic acids is 2. The summed E-state index contributed by atoms with van der Waals surface area (Å²) in [7, 11) is 0. The zero-order valence-corrected chi connectivity index (χ0v) is 20.7. The number of esters is 1. The van der Waals surface area contributed by atoms with Crippen molar-refractivity contribution >= 4 is 18.1 Å². The molecule has 1 aromatic heterocycles. The van der Waals surface area contributed by atoms with Gasteiger partial charge in [0.25, 0.3) is 0 Å². The van der Waals surface area contributed by atoms with E-state index in [-0.39, 0.29) is 47.8 Å². The van der Waals surface area contributed by atoms with Crippen LogP contribution < -0.4 is 5.32 Å². The number of ether oxygens (including phenoxy) is 2. The van der Waals surface area contributed by atoms with Crippen LogP contribution in [-0.2, 0) is 14.3 Å². The van der Waals surface area contributed by atoms with Gasteiger partial charge in [0.2, 0.25) is 0 Å². The summed E-state index contributed by atoms with van der Waals surface area (Å²) in [6.07, 6.45) is 9.07. The van der Waals surface area contributed by atoms with Gasteiger partial charge in [-0.25, -0.2) is 9.18 Å². The lowest BCUT2D eigenvalue weighted by atomic mass is 9.57. The minimum Gasteiger partial charge on any atom is -0.462 e. The first-order valence-electron chi connectivity index (χ1n) is 13.0. The lowest BCUT2D eigenvalue weighted by Gasteiger charge is -2.47. The molecule has 0 unspecified atom stereocenters. The molecule has 7 heteroatoms. The monoisotopic (exact) mass is 492 g/mol. The summed E-state index contributed by atoms with van der Waals surface area (Å²) in [5.41, 5.74) is 2.48. The van der Waals surface area contributed by atoms with E-state index >= 15 is 0 Å². The summed E-state index contributed by atoms with van der Waals surface area (Å²) >= 11 is 0. The second-order valence-electron chi connectivity index (χ2n) is 10.3. The van der Waals surface area contributed by atoms with Crippen LogP contribution in [0.2, 0.25) is 0 Å². The van der Waals surface area contributed by atoms with E-state index in [1.165, 1.54) is 12.1 Å². The van der Waals surface area contributed by atoms with E-state index in [0.717, 1.165) is 42.5 Å². The van der Waals surface area contributed by atoms with Crippen molar-refractivity contribution in [3.05, 3.63) is 60.2 Å². The Hall–Kier alpha value is -3.22. The molecule has 1 N–H and O–H groups in total. The standard InChI is InChI=1S/C29H33FN2O4/c1-3-35-29(34)32-23-10-11-24-20(14-23)15-26-27(17(2)36-28(26)33)25(24)12-9-22-8-7-19(16-31-22)18-5-4-6-21(30)13-18/h4-9,12-13,16-17,20,23-27H,3,10-11,14-15H2,1-2H3,(H,32,34)/b12-9+/t17-,20-,23+,24-,25+,26-,27-/m0/s1. The molecule has 1 saturated heterocycles. The van der Waals surface area contributed by atoms with Crippen LogP contribution in [0.3, 0.4) is 0 Å². The number of carbonyl (C=O) groups is 2. The summed E-state index contributed by atoms with van der Waals surface area (Å²) in [6.45, 7) is 4.15. The minimum atomic E-state index is -0.368. The lowest BCUT2D eigenvalue weighted by molar-refractivity contribution is -0.144. The third kappa shape index (κ3) is 5.01. The van der Waals surface area contributed by atoms with Crippen molar-refractivity contribution in [3.63, 3.8) is 0 Å². The maximum atomic E-state index is 13.6. The largest absolute Gasteiger partial charge is 0.462 e. The van der Waals surface area contributed by atoms with Crippen molar-refractivity contribution in [2.75, 3.05) is 6.61 Å². The minimum absolute atomic E-state index is 0.0679. The van der Waals surface area contributed by atoms with Gasteiger partial charge >= 0.3 is 12.1 Å². The summed E-state index contributed by atoms with van der Waals surface area (Å²) in [6, 6.07) is 10.4. The second-order valence-corrected chi connectivity index (χ2v) is 10.3. The van der Waals surface area contributed by atoms with Gasteiger partial charge in [-0.3, -0.25) is 9.78 Å². The number of alkyl carbamates (subject to hydrolysis) is 1. The molecule has 0 bridgehead atoms. The van der Waals surface area contributed by atoms with Crippen LogP contribution >= 0.6 is 0 Å². The normalized spacial score (nSPS) is 31.4. The highest BCUT2D eigenvalue weighted by atomic mass is 19.1. The van der Waals surface area contributed by atoms with Crippen molar-refractivity contribution in [2.45, 2.75) is 51.7 Å². The van der Waals surface area contributed by atoms with Crippen molar-refractivity contribution in [2.24, 2.45) is 29.6 Å². The molecular formula is C29H33FN2O4. The van der Waals surface area contributed by atoms with Gasteiger partial charge < -0.3 is 14.8 Å². The third-order valence-electron chi connectivity index (χ3n) is 8.18. The van der Waals surface area contributed by atoms with E-state index < -0.39 is 0 Å². The molecule has 2 aromatic rings. The summed E-state index contributed by atoms with van der Waals surface area (Å²) in [4.78, 5) is 29.2. The molecule has 2 aliphatic carbocycles. The first-order chi connectivity index (χ1) is 17.4. The molecular weight excluding hydrogens is 459 g/mol. The van der Waals surface area contributed by atoms with Crippen LogP contribution in [-0.4, -0.2) is 35.8 Å². The zero-order chi connectivity index (χ0) is 25.2. The van der Waals surface area contributed by atoms with Gasteiger partial charge in [0.15, 0.2) is 0 Å². The fourth-order valence-electron chi connectivity index (χ4n) is 6.64. The van der Waals surface area contributed by atoms with Crippen molar-refractivity contribution < 1.29 is 23.5 Å². The van der Waals surface area contributed by atoms with E-state index in [0.29, 0.717) is 18.4 Å². The molecule has 5 rings (SSSR count). The number of benzene rings is 1. The molecule has 6 nitrogen and oxygen atoms in total. The number of hydrogen-bond donors (Lipinski definition) is 1. The number of amides is 1. The van der Waals surface area contributed by atoms with Gasteiger partial charge in [-0.2, -0.15) is 0 Å². The number of allylic oxidation sites excluding steroid dienone is 1. The second kappa shape index (κ2) is 10.4. The predicted octanol–water partition coefficient (Wildman–Crippen LogP) is 5.63. The Morgan fingerprint density at radius 3 is 2.83 bits per heavy atom. The molecule has 2 saturated carbocycles. The SMILES string of the molecule is CCOC(=O)N[C@@H]1CC[C@H]2[C@@H](C1)C[C@@H]1C(=O)O[C@@H](C)[C@H]1[C@@H]2/C=C/c1ccc(-c2cccc(F)c2)cn1. The Bertz CT molecular complexity index is 1130. The highest BCUT2D eigenvalue weighted by Gasteiger charge is 2.54. The predicted molar refractivity (Wildman–Crippen MR) is 134 cm³/mol. The lowest BCUT2D eigenvalue weighted by Crippen LogP contribution is -2.48. The Morgan fingerprint density at radius 1 is 1.22 bits per heavy atom. The zero-order valence-electron chi connectivity index (χ0n) is 20.7. The first kappa shape index (κ1) is 24.5. The molecule has 3 fully saturated rings. The molecule has 190 valence electrons. The van der Waals surface area contributed by atoms with Crippen LogP contribution in [0.15, 0.2) is 48.7 Å². The number of aromatic nitrogens is 1. The third-order valence-corrected chi connectivity index (χ3v) is 8.18. The topological polar surface area (TPSA) is 77.5 Å². The Kier molecular flexibility index (Phi) is 7.08. The number of nitrogens with one attached hydrogen (secondary N) is 1. The van der Waals surface area contributed by atoms with Crippen LogP contribution in [0.4, 0.5) is 9.18 Å². The fourth-order valence-corrected chi connectivity index (χ4v) is 6.64. The van der Waals surface area contributed by atoms with Gasteiger partial charge in [0, 0.05) is 23.7 Å². The number of rotatable bonds is 5. The summed E-state index contributed by atoms with van der Waals surface area (Å²) in [5, 5.41) is 3.00. The van der Waals surface area contributed by atoms with Gasteiger partial charge in [-0.15, -0.1) is 0 Å². The molecule has 3 aliphatic rings. The van der Waals surface area contributed by atoms with Gasteiger partial charge in [-0.1, -0.05) is 24.3 Å². The molecule has 1 aliphatic heterocycles. The highest BCUT2D eigenvalue weighted by molar-refractivity contribution is 5.75.